The van der Waals surface area contributed by atoms with Crippen molar-refractivity contribution in [1.82, 2.24) is 15.3 Å². The van der Waals surface area contributed by atoms with Gasteiger partial charge >= 0.3 is 0 Å². The summed E-state index contributed by atoms with van der Waals surface area (Å²) in [6, 6.07) is 9.07. The number of rotatable bonds is 4. The van der Waals surface area contributed by atoms with E-state index < -0.39 is 0 Å². The van der Waals surface area contributed by atoms with Crippen LogP contribution in [0.1, 0.15) is 32.2 Å². The number of amides is 1. The summed E-state index contributed by atoms with van der Waals surface area (Å²) < 4.78 is 5.45. The quantitative estimate of drug-likeness (QED) is 0.658. The second-order valence-corrected chi connectivity index (χ2v) is 7.43. The van der Waals surface area contributed by atoms with Crippen molar-refractivity contribution in [2.75, 3.05) is 12.4 Å². The van der Waals surface area contributed by atoms with E-state index in [9.17, 15) is 10.1 Å². The molecule has 1 aromatic carbocycles. The molecule has 0 bridgehead atoms. The molecule has 3 aromatic rings. The van der Waals surface area contributed by atoms with Gasteiger partial charge < -0.3 is 10.1 Å². The van der Waals surface area contributed by atoms with E-state index in [0.717, 1.165) is 29.4 Å². The third-order valence-electron chi connectivity index (χ3n) is 4.48. The van der Waals surface area contributed by atoms with E-state index in [4.69, 9.17) is 4.74 Å². The normalized spacial score (nSPS) is 11.9. The lowest BCUT2D eigenvalue weighted by molar-refractivity contribution is 0.102. The summed E-state index contributed by atoms with van der Waals surface area (Å²) in [7, 11) is 1.56. The fourth-order valence-electron chi connectivity index (χ4n) is 3.12. The molecule has 3 heterocycles. The largest absolute Gasteiger partial charge is 0.496 e. The Hall–Kier alpha value is -2.99. The van der Waals surface area contributed by atoms with Gasteiger partial charge in [-0.05, 0) is 31.2 Å². The Bertz CT molecular complexity index is 1100. The van der Waals surface area contributed by atoms with Crippen molar-refractivity contribution in [2.45, 2.75) is 20.0 Å². The van der Waals surface area contributed by atoms with E-state index in [-0.39, 0.29) is 18.3 Å². The van der Waals surface area contributed by atoms with Crippen LogP contribution >= 0.6 is 23.7 Å². The number of halogens is 1. The fourth-order valence-corrected chi connectivity index (χ4v) is 4.07. The van der Waals surface area contributed by atoms with Crippen molar-refractivity contribution in [3.63, 3.8) is 0 Å². The Kier molecular flexibility index (Phi) is 6.13. The van der Waals surface area contributed by atoms with Crippen molar-refractivity contribution in [3.8, 4) is 22.9 Å². The molecule has 4 rings (SSSR count). The second-order valence-electron chi connectivity index (χ2n) is 6.34. The standard InChI is InChI=1S/C20H17N5O2S.ClH/c1-11-5-13(14-6-12(7-21)3-4-17(14)27-2)15(8-23-11)19(26)25-20-24-16-9-22-10-18(16)28-20;/h3-6,8,22H,9-10H2,1-2H3,(H,24,25,26);1H. The monoisotopic (exact) mass is 427 g/mol. The number of pyridine rings is 1. The molecular weight excluding hydrogens is 410 g/mol. The van der Waals surface area contributed by atoms with Crippen LogP contribution in [0.5, 0.6) is 5.75 Å². The first-order valence-corrected chi connectivity index (χ1v) is 9.46. The predicted octanol–water partition coefficient (Wildman–Crippen LogP) is 3.67. The molecule has 0 saturated carbocycles. The molecule has 1 amide bonds. The molecule has 2 N–H and O–H groups in total. The Balaban J connectivity index is 0.00000240. The lowest BCUT2D eigenvalue weighted by atomic mass is 9.97. The number of benzene rings is 1. The molecule has 0 fully saturated rings. The number of nitrogens with zero attached hydrogens (tertiary/aromatic N) is 3. The van der Waals surface area contributed by atoms with Gasteiger partial charge in [-0.25, -0.2) is 4.98 Å². The summed E-state index contributed by atoms with van der Waals surface area (Å²) in [6.45, 7) is 3.35. The van der Waals surface area contributed by atoms with Crippen LogP contribution in [0.2, 0.25) is 0 Å². The van der Waals surface area contributed by atoms with Crippen molar-refractivity contribution in [2.24, 2.45) is 0 Å². The number of thiazole rings is 1. The van der Waals surface area contributed by atoms with Crippen LogP contribution in [0.15, 0.2) is 30.5 Å². The highest BCUT2D eigenvalue weighted by molar-refractivity contribution is 7.15. The van der Waals surface area contributed by atoms with Crippen LogP contribution in [0.3, 0.4) is 0 Å². The van der Waals surface area contributed by atoms with Gasteiger partial charge in [-0.1, -0.05) is 0 Å². The van der Waals surface area contributed by atoms with E-state index in [0.29, 0.717) is 33.1 Å². The highest BCUT2D eigenvalue weighted by Crippen LogP contribution is 2.34. The van der Waals surface area contributed by atoms with Crippen molar-refractivity contribution in [3.05, 3.63) is 57.9 Å². The van der Waals surface area contributed by atoms with Gasteiger partial charge in [-0.3, -0.25) is 15.1 Å². The number of carbonyl (C=O) groups excluding carboxylic acids is 1. The third-order valence-corrected chi connectivity index (χ3v) is 5.49. The highest BCUT2D eigenvalue weighted by Gasteiger charge is 2.21. The summed E-state index contributed by atoms with van der Waals surface area (Å²) in [6.07, 6.45) is 1.54. The fraction of sp³-hybridized carbons (Fsp3) is 0.200. The third kappa shape index (κ3) is 4.07. The Morgan fingerprint density at radius 1 is 1.31 bits per heavy atom. The number of hydrogen-bond acceptors (Lipinski definition) is 7. The predicted molar refractivity (Wildman–Crippen MR) is 114 cm³/mol. The SMILES string of the molecule is COc1ccc(C#N)cc1-c1cc(C)ncc1C(=O)Nc1nc2c(s1)CNC2.Cl. The van der Waals surface area contributed by atoms with Gasteiger partial charge in [-0.2, -0.15) is 5.26 Å². The minimum atomic E-state index is -0.299. The van der Waals surface area contributed by atoms with Crippen LogP contribution in [0, 0.1) is 18.3 Å². The number of anilines is 1. The number of ether oxygens (including phenoxy) is 1. The van der Waals surface area contributed by atoms with Crippen LogP contribution in [0.25, 0.3) is 11.1 Å². The van der Waals surface area contributed by atoms with Crippen LogP contribution in [-0.2, 0) is 13.1 Å². The molecule has 9 heteroatoms. The number of nitrogens with one attached hydrogen (secondary N) is 2. The molecule has 1 aliphatic rings. The summed E-state index contributed by atoms with van der Waals surface area (Å²) in [5.41, 5.74) is 3.95. The summed E-state index contributed by atoms with van der Waals surface area (Å²) in [4.78, 5) is 22.9. The van der Waals surface area contributed by atoms with Crippen molar-refractivity contribution in [1.29, 1.82) is 5.26 Å². The van der Waals surface area contributed by atoms with E-state index >= 15 is 0 Å². The van der Waals surface area contributed by atoms with Crippen LogP contribution < -0.4 is 15.4 Å². The molecule has 0 radical (unpaired) electrons. The summed E-state index contributed by atoms with van der Waals surface area (Å²) in [5, 5.41) is 15.9. The average molecular weight is 428 g/mol. The first-order chi connectivity index (χ1) is 13.6. The first-order valence-electron chi connectivity index (χ1n) is 8.65. The van der Waals surface area contributed by atoms with Crippen molar-refractivity contribution < 1.29 is 9.53 Å². The van der Waals surface area contributed by atoms with E-state index in [1.807, 2.05) is 13.0 Å². The maximum absolute atomic E-state index is 13.0. The number of nitriles is 1. The molecule has 29 heavy (non-hydrogen) atoms. The van der Waals surface area contributed by atoms with Gasteiger partial charge in [0.2, 0.25) is 0 Å². The Labute approximate surface area is 178 Å². The topological polar surface area (TPSA) is 99.9 Å². The van der Waals surface area contributed by atoms with Gasteiger partial charge in [0, 0.05) is 41.0 Å². The molecular formula is C20H18ClN5O2S. The molecule has 2 aromatic heterocycles. The zero-order valence-corrected chi connectivity index (χ0v) is 17.4. The molecule has 7 nitrogen and oxygen atoms in total. The number of aryl methyl sites for hydroxylation is 1. The van der Waals surface area contributed by atoms with E-state index in [2.05, 4.69) is 26.7 Å². The minimum Gasteiger partial charge on any atom is -0.496 e. The van der Waals surface area contributed by atoms with E-state index in [1.165, 1.54) is 11.3 Å². The molecule has 0 spiro atoms. The van der Waals surface area contributed by atoms with E-state index in [1.54, 1.807) is 31.5 Å². The number of hydrogen-bond donors (Lipinski definition) is 2. The maximum Gasteiger partial charge on any atom is 0.259 e. The highest BCUT2D eigenvalue weighted by atomic mass is 35.5. The smallest absolute Gasteiger partial charge is 0.259 e. The zero-order chi connectivity index (χ0) is 19.7. The lowest BCUT2D eigenvalue weighted by Crippen LogP contribution is -2.14. The minimum absolute atomic E-state index is 0. The maximum atomic E-state index is 13.0. The van der Waals surface area contributed by atoms with Gasteiger partial charge in [0.05, 0.1) is 30.0 Å². The molecule has 148 valence electrons. The lowest BCUT2D eigenvalue weighted by Gasteiger charge is -2.13. The van der Waals surface area contributed by atoms with Gasteiger partial charge in [0.1, 0.15) is 5.75 Å². The number of aromatic nitrogens is 2. The Morgan fingerprint density at radius 3 is 2.86 bits per heavy atom. The summed E-state index contributed by atoms with van der Waals surface area (Å²) >= 11 is 1.47. The van der Waals surface area contributed by atoms with Crippen LogP contribution in [-0.4, -0.2) is 23.0 Å². The van der Waals surface area contributed by atoms with Gasteiger partial charge in [0.25, 0.3) is 5.91 Å². The summed E-state index contributed by atoms with van der Waals surface area (Å²) in [5.74, 6) is 0.283. The number of carbonyl (C=O) groups is 1. The molecule has 0 saturated heterocycles. The molecule has 1 aliphatic heterocycles. The van der Waals surface area contributed by atoms with Crippen LogP contribution in [0.4, 0.5) is 5.13 Å². The van der Waals surface area contributed by atoms with Crippen molar-refractivity contribution >= 4 is 34.8 Å². The first kappa shape index (κ1) is 20.7. The average Bonchev–Trinajstić information content (AvgIpc) is 3.28. The van der Waals surface area contributed by atoms with Gasteiger partial charge in [0.15, 0.2) is 5.13 Å². The molecule has 0 atom stereocenters. The van der Waals surface area contributed by atoms with Gasteiger partial charge in [-0.15, -0.1) is 23.7 Å². The number of fused-ring (bicyclic) bond motifs is 1. The Morgan fingerprint density at radius 2 is 2.14 bits per heavy atom. The zero-order valence-electron chi connectivity index (χ0n) is 15.8. The molecule has 0 aliphatic carbocycles. The molecule has 0 unspecified atom stereocenters. The number of methoxy groups -OCH3 is 1. The second kappa shape index (κ2) is 8.57.